The molecule has 4 nitrogen and oxygen atoms in total. The average Bonchev–Trinajstić information content (AvgIpc) is 2.94. The highest BCUT2D eigenvalue weighted by atomic mass is 35.5. The molecule has 2 fully saturated rings. The van der Waals surface area contributed by atoms with Crippen LogP contribution in [0.4, 0.5) is 5.69 Å². The summed E-state index contributed by atoms with van der Waals surface area (Å²) < 4.78 is 0. The van der Waals surface area contributed by atoms with Crippen molar-refractivity contribution in [2.24, 2.45) is 11.7 Å². The zero-order valence-electron chi connectivity index (χ0n) is 14.0. The first-order chi connectivity index (χ1) is 10.7. The minimum atomic E-state index is 0. The van der Waals surface area contributed by atoms with Crippen molar-refractivity contribution < 1.29 is 4.79 Å². The molecule has 24 heavy (non-hydrogen) atoms. The second kappa shape index (κ2) is 10.1. The average molecular weight is 374 g/mol. The van der Waals surface area contributed by atoms with Gasteiger partial charge in [-0.2, -0.15) is 0 Å². The SMILES string of the molecule is Cl.Cl.N[C@@H]1CCC[C@H]1CC(=O)NC1CCN(c2ccccc2)CC1. The number of nitrogens with one attached hydrogen (secondary N) is 1. The summed E-state index contributed by atoms with van der Waals surface area (Å²) in [6, 6.07) is 11.1. The topological polar surface area (TPSA) is 58.4 Å². The van der Waals surface area contributed by atoms with E-state index in [0.717, 1.165) is 38.8 Å². The minimum absolute atomic E-state index is 0. The summed E-state index contributed by atoms with van der Waals surface area (Å²) in [6.07, 6.45) is 6.03. The molecule has 3 N–H and O–H groups in total. The van der Waals surface area contributed by atoms with E-state index in [1.165, 1.54) is 12.1 Å². The minimum Gasteiger partial charge on any atom is -0.371 e. The molecule has 3 rings (SSSR count). The van der Waals surface area contributed by atoms with Crippen molar-refractivity contribution in [2.75, 3.05) is 18.0 Å². The lowest BCUT2D eigenvalue weighted by atomic mass is 9.98. The number of halogens is 2. The maximum Gasteiger partial charge on any atom is 0.220 e. The van der Waals surface area contributed by atoms with E-state index in [4.69, 9.17) is 5.73 Å². The van der Waals surface area contributed by atoms with E-state index >= 15 is 0 Å². The van der Waals surface area contributed by atoms with E-state index in [0.29, 0.717) is 18.4 Å². The zero-order chi connectivity index (χ0) is 15.4. The summed E-state index contributed by atoms with van der Waals surface area (Å²) in [5, 5.41) is 3.22. The van der Waals surface area contributed by atoms with Gasteiger partial charge in [-0.25, -0.2) is 0 Å². The van der Waals surface area contributed by atoms with Crippen LogP contribution >= 0.6 is 24.8 Å². The van der Waals surface area contributed by atoms with Crippen molar-refractivity contribution in [2.45, 2.75) is 50.6 Å². The molecule has 2 atom stereocenters. The van der Waals surface area contributed by atoms with Gasteiger partial charge in [0.1, 0.15) is 0 Å². The Balaban J connectivity index is 0.00000144. The molecule has 1 aliphatic carbocycles. The number of carbonyl (C=O) groups excluding carboxylic acids is 1. The predicted octanol–water partition coefficient (Wildman–Crippen LogP) is 3.13. The van der Waals surface area contributed by atoms with Crippen LogP contribution in [0.2, 0.25) is 0 Å². The van der Waals surface area contributed by atoms with Crippen molar-refractivity contribution in [3.8, 4) is 0 Å². The second-order valence-corrected chi connectivity index (χ2v) is 6.72. The fourth-order valence-corrected chi connectivity index (χ4v) is 3.76. The Morgan fingerprint density at radius 2 is 1.75 bits per heavy atom. The molecule has 1 aliphatic heterocycles. The zero-order valence-corrected chi connectivity index (χ0v) is 15.7. The molecule has 1 aromatic carbocycles. The highest BCUT2D eigenvalue weighted by Gasteiger charge is 2.27. The van der Waals surface area contributed by atoms with Gasteiger partial charge in [-0.3, -0.25) is 4.79 Å². The van der Waals surface area contributed by atoms with Gasteiger partial charge in [-0.15, -0.1) is 24.8 Å². The number of nitrogens with zero attached hydrogens (tertiary/aromatic N) is 1. The lowest BCUT2D eigenvalue weighted by molar-refractivity contribution is -0.122. The number of para-hydroxylation sites is 1. The van der Waals surface area contributed by atoms with Gasteiger partial charge >= 0.3 is 0 Å². The van der Waals surface area contributed by atoms with E-state index < -0.39 is 0 Å². The largest absolute Gasteiger partial charge is 0.371 e. The Kier molecular flexibility index (Phi) is 8.88. The van der Waals surface area contributed by atoms with E-state index in [2.05, 4.69) is 34.5 Å². The Labute approximate surface area is 157 Å². The van der Waals surface area contributed by atoms with E-state index in [1.54, 1.807) is 0 Å². The van der Waals surface area contributed by atoms with Gasteiger partial charge in [0.15, 0.2) is 0 Å². The molecule has 1 aromatic rings. The molecule has 1 amide bonds. The van der Waals surface area contributed by atoms with Crippen LogP contribution in [0.5, 0.6) is 0 Å². The molecule has 0 spiro atoms. The first kappa shape index (κ1) is 21.1. The smallest absolute Gasteiger partial charge is 0.220 e. The monoisotopic (exact) mass is 373 g/mol. The van der Waals surface area contributed by atoms with E-state index in [9.17, 15) is 4.79 Å². The van der Waals surface area contributed by atoms with Crippen LogP contribution in [0.25, 0.3) is 0 Å². The number of nitrogens with two attached hydrogens (primary N) is 1. The van der Waals surface area contributed by atoms with Crippen LogP contribution in [-0.4, -0.2) is 31.1 Å². The molecule has 0 radical (unpaired) electrons. The van der Waals surface area contributed by atoms with Gasteiger partial charge in [0.05, 0.1) is 0 Å². The molecule has 136 valence electrons. The molecular weight excluding hydrogens is 345 g/mol. The molecule has 2 aliphatic rings. The number of rotatable bonds is 4. The molecular formula is C18H29Cl2N3O. The summed E-state index contributed by atoms with van der Waals surface area (Å²) in [5.41, 5.74) is 7.34. The maximum absolute atomic E-state index is 12.2. The van der Waals surface area contributed by atoms with Gasteiger partial charge in [-0.1, -0.05) is 24.6 Å². The highest BCUT2D eigenvalue weighted by Crippen LogP contribution is 2.27. The third kappa shape index (κ3) is 5.54. The fraction of sp³-hybridized carbons (Fsp3) is 0.611. The molecule has 1 saturated carbocycles. The van der Waals surface area contributed by atoms with Crippen LogP contribution in [0.3, 0.4) is 0 Å². The number of benzene rings is 1. The van der Waals surface area contributed by atoms with Gasteiger partial charge in [0.25, 0.3) is 0 Å². The fourth-order valence-electron chi connectivity index (χ4n) is 3.76. The highest BCUT2D eigenvalue weighted by molar-refractivity contribution is 5.85. The molecule has 0 unspecified atom stereocenters. The van der Waals surface area contributed by atoms with Crippen molar-refractivity contribution >= 4 is 36.4 Å². The van der Waals surface area contributed by atoms with Crippen molar-refractivity contribution in [3.05, 3.63) is 30.3 Å². The summed E-state index contributed by atoms with van der Waals surface area (Å²) in [4.78, 5) is 14.6. The maximum atomic E-state index is 12.2. The van der Waals surface area contributed by atoms with Crippen LogP contribution in [0, 0.1) is 5.92 Å². The van der Waals surface area contributed by atoms with Crippen LogP contribution in [-0.2, 0) is 4.79 Å². The number of hydrogen-bond donors (Lipinski definition) is 2. The first-order valence-electron chi connectivity index (χ1n) is 8.57. The molecule has 1 saturated heterocycles. The Morgan fingerprint density at radius 1 is 1.08 bits per heavy atom. The standard InChI is InChI=1S/C18H27N3O.2ClH/c19-17-8-4-5-14(17)13-18(22)20-15-9-11-21(12-10-15)16-6-2-1-3-7-16;;/h1-3,6-7,14-15,17H,4-5,8-13,19H2,(H,20,22);2*1H/t14-,17+;;/m0../s1. The molecule has 0 aromatic heterocycles. The van der Waals surface area contributed by atoms with Gasteiger partial charge < -0.3 is 16.0 Å². The third-order valence-corrected chi connectivity index (χ3v) is 5.15. The molecule has 0 bridgehead atoms. The summed E-state index contributed by atoms with van der Waals surface area (Å²) in [7, 11) is 0. The van der Waals surface area contributed by atoms with Gasteiger partial charge in [-0.05, 0) is 43.7 Å². The summed E-state index contributed by atoms with van der Waals surface area (Å²) >= 11 is 0. The Hall–Kier alpha value is -0.970. The van der Waals surface area contributed by atoms with Crippen LogP contribution in [0.1, 0.15) is 38.5 Å². The van der Waals surface area contributed by atoms with Crippen molar-refractivity contribution in [1.29, 1.82) is 0 Å². The van der Waals surface area contributed by atoms with Crippen molar-refractivity contribution in [3.63, 3.8) is 0 Å². The summed E-state index contributed by atoms with van der Waals surface area (Å²) in [5.74, 6) is 0.588. The molecule has 6 heteroatoms. The molecule has 1 heterocycles. The van der Waals surface area contributed by atoms with Gasteiger partial charge in [0.2, 0.25) is 5.91 Å². The van der Waals surface area contributed by atoms with E-state index in [-0.39, 0.29) is 36.8 Å². The van der Waals surface area contributed by atoms with Crippen LogP contribution in [0.15, 0.2) is 30.3 Å². The number of anilines is 1. The number of carbonyl (C=O) groups is 1. The Morgan fingerprint density at radius 3 is 2.33 bits per heavy atom. The van der Waals surface area contributed by atoms with Gasteiger partial charge in [0, 0.05) is 37.3 Å². The quantitative estimate of drug-likeness (QED) is 0.851. The first-order valence-corrected chi connectivity index (χ1v) is 8.57. The third-order valence-electron chi connectivity index (χ3n) is 5.15. The summed E-state index contributed by atoms with van der Waals surface area (Å²) in [6.45, 7) is 2.02. The predicted molar refractivity (Wildman–Crippen MR) is 104 cm³/mol. The lowest BCUT2D eigenvalue weighted by Gasteiger charge is -2.34. The van der Waals surface area contributed by atoms with E-state index in [1.807, 2.05) is 6.07 Å². The lowest BCUT2D eigenvalue weighted by Crippen LogP contribution is -2.45. The number of amides is 1. The van der Waals surface area contributed by atoms with Crippen molar-refractivity contribution in [1.82, 2.24) is 5.32 Å². The Bertz CT molecular complexity index is 492. The number of hydrogen-bond acceptors (Lipinski definition) is 3. The normalized spacial score (nSPS) is 24.0. The van der Waals surface area contributed by atoms with Crippen LogP contribution < -0.4 is 16.0 Å². The number of piperidine rings is 1. The second-order valence-electron chi connectivity index (χ2n) is 6.72.